The number of nitrogens with zero attached hydrogens (tertiary/aromatic N) is 1. The molecule has 0 unspecified atom stereocenters. The van der Waals surface area contributed by atoms with Gasteiger partial charge in [-0.3, -0.25) is 16.1 Å². The average molecular weight is 414 g/mol. The molecule has 1 heterocycles. The van der Waals surface area contributed by atoms with Crippen molar-refractivity contribution in [1.29, 1.82) is 5.41 Å². The van der Waals surface area contributed by atoms with Crippen molar-refractivity contribution in [3.63, 3.8) is 0 Å². The third-order valence-corrected chi connectivity index (χ3v) is 6.15. The van der Waals surface area contributed by atoms with E-state index in [0.717, 1.165) is 30.0 Å². The lowest BCUT2D eigenvalue weighted by molar-refractivity contribution is 0.114. The molecular formula is C23H35N5O2. The van der Waals surface area contributed by atoms with Crippen molar-refractivity contribution < 1.29 is 10.3 Å². The van der Waals surface area contributed by atoms with E-state index in [1.165, 1.54) is 0 Å². The summed E-state index contributed by atoms with van der Waals surface area (Å²) in [5, 5.41) is 33.2. The second kappa shape index (κ2) is 7.96. The van der Waals surface area contributed by atoms with Crippen LogP contribution in [0.3, 0.4) is 0 Å². The maximum Gasteiger partial charge on any atom is 0.125 e. The molecule has 0 amide bonds. The second-order valence-corrected chi connectivity index (χ2v) is 9.86. The Morgan fingerprint density at radius 1 is 1.20 bits per heavy atom. The number of aromatic hydroxyl groups is 1. The van der Waals surface area contributed by atoms with Gasteiger partial charge in [-0.2, -0.15) is 0 Å². The molecule has 1 aliphatic carbocycles. The summed E-state index contributed by atoms with van der Waals surface area (Å²) in [5.41, 5.74) is 10.6. The van der Waals surface area contributed by atoms with Crippen molar-refractivity contribution in [1.82, 2.24) is 15.7 Å². The van der Waals surface area contributed by atoms with Crippen LogP contribution in [0.2, 0.25) is 0 Å². The number of aryl methyl sites for hydroxylation is 1. The van der Waals surface area contributed by atoms with Gasteiger partial charge in [-0.25, -0.2) is 0 Å². The first kappa shape index (κ1) is 22.2. The topological polar surface area (TPSA) is 118 Å². The number of hydroxylamine groups is 1. The predicted octanol–water partition coefficient (Wildman–Crippen LogP) is 1.27. The third kappa shape index (κ3) is 4.63. The molecule has 7 nitrogen and oxygen atoms in total. The molecule has 3 rings (SSSR count). The number of nitrogens with two attached hydrogens (primary N) is 1. The first-order valence-electron chi connectivity index (χ1n) is 10.5. The fourth-order valence-corrected chi connectivity index (χ4v) is 4.98. The van der Waals surface area contributed by atoms with E-state index in [-0.39, 0.29) is 22.9 Å². The molecule has 7 heteroatoms. The summed E-state index contributed by atoms with van der Waals surface area (Å²) in [4.78, 5) is 2.00. The van der Waals surface area contributed by atoms with Gasteiger partial charge in [0.05, 0.1) is 0 Å². The van der Waals surface area contributed by atoms with E-state index >= 15 is 0 Å². The van der Waals surface area contributed by atoms with E-state index in [4.69, 9.17) is 11.1 Å². The quantitative estimate of drug-likeness (QED) is 0.251. The van der Waals surface area contributed by atoms with Crippen LogP contribution < -0.4 is 27.0 Å². The van der Waals surface area contributed by atoms with Crippen LogP contribution in [0.1, 0.15) is 52.5 Å². The molecule has 30 heavy (non-hydrogen) atoms. The molecule has 1 aromatic rings. The van der Waals surface area contributed by atoms with Crippen LogP contribution in [0.25, 0.3) is 11.4 Å². The minimum atomic E-state index is 0.00529. The summed E-state index contributed by atoms with van der Waals surface area (Å²) in [6.45, 7) is 8.80. The van der Waals surface area contributed by atoms with Gasteiger partial charge in [-0.1, -0.05) is 0 Å². The molecule has 0 aromatic heterocycles. The standard InChI is InChI=1S/C23H35N5O2/c1-22(2)12-15(13-23(3,4)27-22)28(5)21(25)9-7-18(24)17-10-14-6-8-19(26-30)16(14)11-20(17)29/h7,9-11,15,25-27,29-30H,6,8,12-13,24H2,1-5H3. The SMILES string of the molecule is CN(C(=N)C=CC(N)=c1cc2c(cc1O)=C(NO)CC2)C1CC(C)(C)NC(C)(C)C1. The highest BCUT2D eigenvalue weighted by Crippen LogP contribution is 2.31. The summed E-state index contributed by atoms with van der Waals surface area (Å²) in [5.74, 6) is 0.449. The molecule has 1 aliphatic heterocycles. The Hall–Kier alpha value is -2.51. The van der Waals surface area contributed by atoms with Crippen molar-refractivity contribution in [3.8, 4) is 5.75 Å². The second-order valence-electron chi connectivity index (χ2n) is 9.86. The Kier molecular flexibility index (Phi) is 5.89. The van der Waals surface area contributed by atoms with Gasteiger partial charge in [0.2, 0.25) is 0 Å². The molecule has 0 saturated carbocycles. The number of benzene rings is 1. The van der Waals surface area contributed by atoms with Gasteiger partial charge < -0.3 is 21.1 Å². The fraction of sp³-hybridized carbons (Fsp3) is 0.522. The average Bonchev–Trinajstić information content (AvgIpc) is 3.03. The Balaban J connectivity index is 1.82. The van der Waals surface area contributed by atoms with Crippen LogP contribution in [0.4, 0.5) is 0 Å². The zero-order valence-electron chi connectivity index (χ0n) is 18.6. The molecule has 0 atom stereocenters. The Bertz CT molecular complexity index is 978. The first-order chi connectivity index (χ1) is 13.9. The van der Waals surface area contributed by atoms with Gasteiger partial charge in [0.15, 0.2) is 0 Å². The number of rotatable bonds is 4. The maximum absolute atomic E-state index is 10.4. The minimum Gasteiger partial charge on any atom is -0.507 e. The Morgan fingerprint density at radius 2 is 1.83 bits per heavy atom. The number of amidine groups is 1. The molecule has 7 N–H and O–H groups in total. The Morgan fingerprint density at radius 3 is 2.43 bits per heavy atom. The van der Waals surface area contributed by atoms with E-state index in [9.17, 15) is 10.3 Å². The normalized spacial score (nSPS) is 21.5. The highest BCUT2D eigenvalue weighted by Gasteiger charge is 2.39. The van der Waals surface area contributed by atoms with Crippen LogP contribution in [0.15, 0.2) is 24.3 Å². The number of hydrogen-bond acceptors (Lipinski definition) is 6. The maximum atomic E-state index is 10.4. The van der Waals surface area contributed by atoms with Crippen molar-refractivity contribution in [3.05, 3.63) is 40.3 Å². The summed E-state index contributed by atoms with van der Waals surface area (Å²) < 4.78 is 0. The summed E-state index contributed by atoms with van der Waals surface area (Å²) in [6, 6.07) is 3.75. The van der Waals surface area contributed by atoms with Crippen LogP contribution in [0, 0.1) is 5.41 Å². The summed E-state index contributed by atoms with van der Waals surface area (Å²) >= 11 is 0. The number of hydrogen-bond donors (Lipinski definition) is 6. The molecule has 0 spiro atoms. The van der Waals surface area contributed by atoms with E-state index in [1.807, 2.05) is 18.0 Å². The number of phenols is 1. The zero-order valence-corrected chi connectivity index (χ0v) is 18.6. The molecule has 0 radical (unpaired) electrons. The third-order valence-electron chi connectivity index (χ3n) is 6.15. The number of fused-ring (bicyclic) bond motifs is 1. The van der Waals surface area contributed by atoms with Crippen molar-refractivity contribution in [2.45, 2.75) is 70.5 Å². The Labute approximate surface area is 178 Å². The van der Waals surface area contributed by atoms with Crippen molar-refractivity contribution in [2.75, 3.05) is 7.05 Å². The number of likely N-dealkylation sites (N-methyl/N-ethyl adjacent to an activating group) is 1. The van der Waals surface area contributed by atoms with Gasteiger partial charge in [-0.05, 0) is 83.2 Å². The molecule has 1 fully saturated rings. The van der Waals surface area contributed by atoms with Crippen molar-refractivity contribution in [2.24, 2.45) is 5.73 Å². The van der Waals surface area contributed by atoms with Crippen LogP contribution in [-0.2, 0) is 6.42 Å². The van der Waals surface area contributed by atoms with Crippen LogP contribution in [-0.4, -0.2) is 45.2 Å². The van der Waals surface area contributed by atoms with E-state index in [0.29, 0.717) is 28.9 Å². The van der Waals surface area contributed by atoms with Gasteiger partial charge in [-0.15, -0.1) is 0 Å². The predicted molar refractivity (Wildman–Crippen MR) is 121 cm³/mol. The van der Waals surface area contributed by atoms with Gasteiger partial charge >= 0.3 is 0 Å². The van der Waals surface area contributed by atoms with Crippen molar-refractivity contribution >= 4 is 17.2 Å². The molecule has 0 bridgehead atoms. The number of nitrogens with one attached hydrogen (secondary N) is 3. The van der Waals surface area contributed by atoms with Crippen LogP contribution in [0.5, 0.6) is 5.75 Å². The molecular weight excluding hydrogens is 378 g/mol. The van der Waals surface area contributed by atoms with Crippen LogP contribution >= 0.6 is 0 Å². The highest BCUT2D eigenvalue weighted by molar-refractivity contribution is 5.91. The molecule has 164 valence electrons. The van der Waals surface area contributed by atoms with Gasteiger partial charge in [0.1, 0.15) is 11.6 Å². The lowest BCUT2D eigenvalue weighted by Gasteiger charge is -2.49. The molecule has 1 saturated heterocycles. The summed E-state index contributed by atoms with van der Waals surface area (Å²) in [7, 11) is 1.96. The number of piperidine rings is 1. The monoisotopic (exact) mass is 413 g/mol. The smallest absolute Gasteiger partial charge is 0.125 e. The fourth-order valence-electron chi connectivity index (χ4n) is 4.98. The minimum absolute atomic E-state index is 0.00529. The number of phenolic OH excluding ortho intramolecular Hbond substituents is 1. The largest absolute Gasteiger partial charge is 0.507 e. The zero-order chi connectivity index (χ0) is 22.3. The van der Waals surface area contributed by atoms with Gasteiger partial charge in [0, 0.05) is 46.0 Å². The highest BCUT2D eigenvalue weighted by atomic mass is 16.5. The summed E-state index contributed by atoms with van der Waals surface area (Å²) in [6.07, 6.45) is 6.75. The first-order valence-corrected chi connectivity index (χ1v) is 10.5. The molecule has 1 aromatic carbocycles. The molecule has 2 aliphatic rings. The van der Waals surface area contributed by atoms with Gasteiger partial charge in [0.25, 0.3) is 0 Å². The van der Waals surface area contributed by atoms with E-state index in [2.05, 4.69) is 38.5 Å². The van der Waals surface area contributed by atoms with E-state index < -0.39 is 0 Å². The van der Waals surface area contributed by atoms with E-state index in [1.54, 1.807) is 18.2 Å². The lowest BCUT2D eigenvalue weighted by atomic mass is 9.79. The lowest BCUT2D eigenvalue weighted by Crippen LogP contribution is -2.62.